The lowest BCUT2D eigenvalue weighted by Gasteiger charge is -2.15. The fourth-order valence-corrected chi connectivity index (χ4v) is 2.00. The van der Waals surface area contributed by atoms with Crippen LogP contribution in [0.1, 0.15) is 20.3 Å². The largest absolute Gasteiger partial charge is 0.327 e. The number of rotatable bonds is 4. The third-order valence-electron chi connectivity index (χ3n) is 2.48. The minimum Gasteiger partial charge on any atom is -0.327 e. The Balaban J connectivity index is 2.59. The van der Waals surface area contributed by atoms with Crippen molar-refractivity contribution < 1.29 is 4.79 Å². The molecule has 1 aromatic rings. The Kier molecular flexibility index (Phi) is 5.88. The summed E-state index contributed by atoms with van der Waals surface area (Å²) in [5.74, 6) is 0.273. The van der Waals surface area contributed by atoms with Crippen molar-refractivity contribution in [2.24, 2.45) is 11.7 Å². The monoisotopic (exact) mass is 410 g/mol. The maximum Gasteiger partial charge on any atom is 0.225 e. The normalized spacial score (nSPS) is 12.6. The van der Waals surface area contributed by atoms with Gasteiger partial charge in [0.25, 0.3) is 0 Å². The van der Waals surface area contributed by atoms with Crippen LogP contribution >= 0.6 is 38.5 Å². The zero-order valence-electron chi connectivity index (χ0n) is 9.84. The van der Waals surface area contributed by atoms with Gasteiger partial charge < -0.3 is 11.1 Å². The summed E-state index contributed by atoms with van der Waals surface area (Å²) in [5, 5.41) is 2.85. The van der Waals surface area contributed by atoms with Crippen molar-refractivity contribution >= 4 is 50.1 Å². The summed E-state index contributed by atoms with van der Waals surface area (Å²) in [5.41, 5.74) is 6.66. The van der Waals surface area contributed by atoms with Gasteiger partial charge in [0.1, 0.15) is 0 Å². The van der Waals surface area contributed by atoms with Crippen molar-refractivity contribution in [2.75, 3.05) is 5.32 Å². The van der Waals surface area contributed by atoms with E-state index < -0.39 is 0 Å². The van der Waals surface area contributed by atoms with Crippen LogP contribution in [0.4, 0.5) is 5.69 Å². The van der Waals surface area contributed by atoms with E-state index in [9.17, 15) is 4.79 Å². The molecular weight excluding hydrogens is 395 g/mol. The molecule has 0 heterocycles. The summed E-state index contributed by atoms with van der Waals surface area (Å²) < 4.78 is 2.09. The molecule has 0 radical (unpaired) electrons. The van der Waals surface area contributed by atoms with E-state index in [4.69, 9.17) is 5.73 Å². The molecule has 0 aliphatic heterocycles. The topological polar surface area (TPSA) is 55.1 Å². The highest BCUT2D eigenvalue weighted by Crippen LogP contribution is 2.22. The molecule has 5 heteroatoms. The number of amides is 1. The van der Waals surface area contributed by atoms with Gasteiger partial charge in [0, 0.05) is 26.2 Å². The number of carbonyl (C=O) groups excluding carboxylic acids is 1. The fourth-order valence-electron chi connectivity index (χ4n) is 1.24. The summed E-state index contributed by atoms with van der Waals surface area (Å²) in [6.45, 7) is 4.03. The van der Waals surface area contributed by atoms with Crippen LogP contribution in [0, 0.1) is 9.49 Å². The van der Waals surface area contributed by atoms with Crippen LogP contribution in [0.2, 0.25) is 0 Å². The predicted molar refractivity (Wildman–Crippen MR) is 82.9 cm³/mol. The van der Waals surface area contributed by atoms with Crippen LogP contribution in [0.15, 0.2) is 22.7 Å². The van der Waals surface area contributed by atoms with E-state index in [0.717, 1.165) is 13.7 Å². The maximum atomic E-state index is 11.7. The molecular formula is C12H16BrIN2O. The van der Waals surface area contributed by atoms with Crippen molar-refractivity contribution in [3.05, 3.63) is 26.2 Å². The number of nitrogens with two attached hydrogens (primary N) is 1. The van der Waals surface area contributed by atoms with Gasteiger partial charge in [0.05, 0.1) is 0 Å². The molecule has 1 aromatic carbocycles. The molecule has 1 rings (SSSR count). The molecule has 0 saturated carbocycles. The molecule has 0 fully saturated rings. The molecule has 0 aliphatic rings. The Morgan fingerprint density at radius 2 is 2.18 bits per heavy atom. The molecule has 3 nitrogen and oxygen atoms in total. The second-order valence-corrected chi connectivity index (χ2v) is 6.31. The number of halogens is 2. The molecule has 1 atom stereocenters. The number of anilines is 1. The van der Waals surface area contributed by atoms with Gasteiger partial charge in [-0.1, -0.05) is 13.8 Å². The molecule has 0 saturated heterocycles. The zero-order valence-corrected chi connectivity index (χ0v) is 13.6. The highest BCUT2D eigenvalue weighted by molar-refractivity contribution is 14.1. The van der Waals surface area contributed by atoms with E-state index in [1.165, 1.54) is 0 Å². The SMILES string of the molecule is CC(C)C(N)CC(=O)Nc1ccc(Br)c(I)c1. The summed E-state index contributed by atoms with van der Waals surface area (Å²) in [6, 6.07) is 5.61. The van der Waals surface area contributed by atoms with Gasteiger partial charge in [0.2, 0.25) is 5.91 Å². The lowest BCUT2D eigenvalue weighted by molar-refractivity contribution is -0.116. The Hall–Kier alpha value is -0.140. The van der Waals surface area contributed by atoms with Gasteiger partial charge in [-0.2, -0.15) is 0 Å². The maximum absolute atomic E-state index is 11.7. The average molecular weight is 411 g/mol. The van der Waals surface area contributed by atoms with E-state index in [0.29, 0.717) is 12.3 Å². The van der Waals surface area contributed by atoms with Crippen LogP contribution in [-0.4, -0.2) is 11.9 Å². The molecule has 0 aromatic heterocycles. The second-order valence-electron chi connectivity index (χ2n) is 4.29. The van der Waals surface area contributed by atoms with Crippen molar-refractivity contribution in [3.63, 3.8) is 0 Å². The van der Waals surface area contributed by atoms with Gasteiger partial charge in [-0.3, -0.25) is 4.79 Å². The predicted octanol–water partition coefficient (Wildman–Crippen LogP) is 3.37. The lowest BCUT2D eigenvalue weighted by Crippen LogP contribution is -2.31. The fraction of sp³-hybridized carbons (Fsp3) is 0.417. The molecule has 3 N–H and O–H groups in total. The standard InChI is InChI=1S/C12H16BrIN2O/c1-7(2)11(15)6-12(17)16-8-3-4-9(13)10(14)5-8/h3-5,7,11H,6,15H2,1-2H3,(H,16,17). The van der Waals surface area contributed by atoms with Crippen LogP contribution in [0.5, 0.6) is 0 Å². The first-order valence-electron chi connectivity index (χ1n) is 5.40. The Morgan fingerprint density at radius 3 is 2.71 bits per heavy atom. The van der Waals surface area contributed by atoms with Crippen LogP contribution in [-0.2, 0) is 4.79 Å². The summed E-state index contributed by atoms with van der Waals surface area (Å²) in [4.78, 5) is 11.7. The number of nitrogens with one attached hydrogen (secondary N) is 1. The molecule has 0 aliphatic carbocycles. The van der Waals surface area contributed by atoms with Gasteiger partial charge in [-0.15, -0.1) is 0 Å². The van der Waals surface area contributed by atoms with Gasteiger partial charge in [-0.25, -0.2) is 0 Å². The average Bonchev–Trinajstić information content (AvgIpc) is 2.23. The first-order chi connectivity index (χ1) is 7.90. The number of carbonyl (C=O) groups is 1. The number of hydrogen-bond acceptors (Lipinski definition) is 2. The molecule has 17 heavy (non-hydrogen) atoms. The van der Waals surface area contributed by atoms with Gasteiger partial charge >= 0.3 is 0 Å². The molecule has 0 bridgehead atoms. The smallest absolute Gasteiger partial charge is 0.225 e. The minimum atomic E-state index is -0.0930. The molecule has 1 unspecified atom stereocenters. The van der Waals surface area contributed by atoms with E-state index in [1.807, 2.05) is 32.0 Å². The lowest BCUT2D eigenvalue weighted by atomic mass is 10.0. The second kappa shape index (κ2) is 6.70. The summed E-state index contributed by atoms with van der Waals surface area (Å²) in [7, 11) is 0. The zero-order chi connectivity index (χ0) is 13.0. The summed E-state index contributed by atoms with van der Waals surface area (Å²) in [6.07, 6.45) is 0.351. The van der Waals surface area contributed by atoms with Crippen LogP contribution < -0.4 is 11.1 Å². The first kappa shape index (κ1) is 14.9. The van der Waals surface area contributed by atoms with Crippen molar-refractivity contribution in [1.82, 2.24) is 0 Å². The van der Waals surface area contributed by atoms with E-state index in [2.05, 4.69) is 43.8 Å². The Labute approximate surface area is 124 Å². The highest BCUT2D eigenvalue weighted by Gasteiger charge is 2.13. The van der Waals surface area contributed by atoms with Crippen molar-refractivity contribution in [3.8, 4) is 0 Å². The number of hydrogen-bond donors (Lipinski definition) is 2. The van der Waals surface area contributed by atoms with E-state index >= 15 is 0 Å². The molecule has 94 valence electrons. The molecule has 0 spiro atoms. The Morgan fingerprint density at radius 1 is 1.53 bits per heavy atom. The number of benzene rings is 1. The highest BCUT2D eigenvalue weighted by atomic mass is 127. The third kappa shape index (κ3) is 4.93. The van der Waals surface area contributed by atoms with Crippen molar-refractivity contribution in [2.45, 2.75) is 26.3 Å². The van der Waals surface area contributed by atoms with Gasteiger partial charge in [0.15, 0.2) is 0 Å². The van der Waals surface area contributed by atoms with E-state index in [-0.39, 0.29) is 11.9 Å². The van der Waals surface area contributed by atoms with Crippen molar-refractivity contribution in [1.29, 1.82) is 0 Å². The Bertz CT molecular complexity index is 409. The summed E-state index contributed by atoms with van der Waals surface area (Å²) >= 11 is 5.62. The van der Waals surface area contributed by atoms with Crippen LogP contribution in [0.25, 0.3) is 0 Å². The quantitative estimate of drug-likeness (QED) is 0.747. The first-order valence-corrected chi connectivity index (χ1v) is 7.28. The van der Waals surface area contributed by atoms with Gasteiger partial charge in [-0.05, 0) is 62.6 Å². The van der Waals surface area contributed by atoms with Crippen LogP contribution in [0.3, 0.4) is 0 Å². The third-order valence-corrected chi connectivity index (χ3v) is 4.81. The minimum absolute atomic E-state index is 0.0377. The molecule has 1 amide bonds. The van der Waals surface area contributed by atoms with E-state index in [1.54, 1.807) is 0 Å².